The second kappa shape index (κ2) is 6.88. The Kier molecular flexibility index (Phi) is 5.40. The molecule has 0 aromatic heterocycles. The van der Waals surface area contributed by atoms with Gasteiger partial charge in [0.15, 0.2) is 0 Å². The number of benzene rings is 1. The Morgan fingerprint density at radius 3 is 2.94 bits per heavy atom. The maximum Gasteiger partial charge on any atom is 0.223 e. The van der Waals surface area contributed by atoms with Crippen LogP contribution in [0, 0.1) is 6.92 Å². The summed E-state index contributed by atoms with van der Waals surface area (Å²) in [7, 11) is 0. The first kappa shape index (κ1) is 12.6. The van der Waals surface area contributed by atoms with E-state index in [2.05, 4.69) is 5.32 Å². The molecule has 1 aromatic carbocycles. The number of ether oxygens (including phenoxy) is 1. The first-order chi connectivity index (χ1) is 7.72. The van der Waals surface area contributed by atoms with Crippen molar-refractivity contribution in [1.29, 1.82) is 0 Å². The van der Waals surface area contributed by atoms with Gasteiger partial charge in [0.05, 0.1) is 13.0 Å². The summed E-state index contributed by atoms with van der Waals surface area (Å²) in [6.07, 6.45) is 1.37. The van der Waals surface area contributed by atoms with E-state index in [1.807, 2.05) is 38.1 Å². The molecule has 1 N–H and O–H groups in total. The third-order valence-corrected chi connectivity index (χ3v) is 2.16. The zero-order valence-corrected chi connectivity index (χ0v) is 9.95. The lowest BCUT2D eigenvalue weighted by atomic mass is 10.2. The largest absolute Gasteiger partial charge is 0.493 e. The van der Waals surface area contributed by atoms with Crippen LogP contribution < -0.4 is 10.1 Å². The Morgan fingerprint density at radius 2 is 2.25 bits per heavy atom. The van der Waals surface area contributed by atoms with Crippen LogP contribution in [0.3, 0.4) is 0 Å². The Balaban J connectivity index is 2.22. The van der Waals surface area contributed by atoms with Crippen LogP contribution in [0.1, 0.15) is 25.3 Å². The molecule has 1 rings (SSSR count). The fourth-order valence-electron chi connectivity index (χ4n) is 1.32. The summed E-state index contributed by atoms with van der Waals surface area (Å²) in [5.74, 6) is 0.873. The summed E-state index contributed by atoms with van der Waals surface area (Å²) in [6.45, 7) is 5.21. The lowest BCUT2D eigenvalue weighted by Gasteiger charge is -2.07. The summed E-state index contributed by atoms with van der Waals surface area (Å²) >= 11 is 0. The van der Waals surface area contributed by atoms with Gasteiger partial charge in [0, 0.05) is 6.54 Å². The van der Waals surface area contributed by atoms with Gasteiger partial charge in [0.25, 0.3) is 0 Å². The van der Waals surface area contributed by atoms with Gasteiger partial charge in [-0.05, 0) is 31.0 Å². The minimum absolute atomic E-state index is 0.0505. The smallest absolute Gasteiger partial charge is 0.223 e. The molecular weight excluding hydrogens is 202 g/mol. The minimum Gasteiger partial charge on any atom is -0.493 e. The fourth-order valence-corrected chi connectivity index (χ4v) is 1.32. The van der Waals surface area contributed by atoms with Gasteiger partial charge in [-0.1, -0.05) is 19.1 Å². The van der Waals surface area contributed by atoms with Crippen molar-refractivity contribution in [1.82, 2.24) is 5.32 Å². The number of aryl methyl sites for hydroxylation is 1. The van der Waals surface area contributed by atoms with Gasteiger partial charge in [-0.15, -0.1) is 0 Å². The third kappa shape index (κ3) is 4.82. The van der Waals surface area contributed by atoms with Gasteiger partial charge in [-0.2, -0.15) is 0 Å². The van der Waals surface area contributed by atoms with Crippen LogP contribution in [0.2, 0.25) is 0 Å². The molecule has 0 fully saturated rings. The van der Waals surface area contributed by atoms with Gasteiger partial charge in [0.1, 0.15) is 5.75 Å². The Hall–Kier alpha value is -1.51. The SMILES string of the molecule is CCCNC(=O)CCOc1cccc(C)c1. The van der Waals surface area contributed by atoms with Crippen LogP contribution in [0.25, 0.3) is 0 Å². The van der Waals surface area contributed by atoms with Crippen molar-refractivity contribution in [3.8, 4) is 5.75 Å². The summed E-state index contributed by atoms with van der Waals surface area (Å²) in [5.41, 5.74) is 1.16. The molecular formula is C13H19NO2. The third-order valence-electron chi connectivity index (χ3n) is 2.16. The Morgan fingerprint density at radius 1 is 1.44 bits per heavy atom. The van der Waals surface area contributed by atoms with E-state index < -0.39 is 0 Å². The van der Waals surface area contributed by atoms with Gasteiger partial charge >= 0.3 is 0 Å². The zero-order valence-electron chi connectivity index (χ0n) is 9.95. The lowest BCUT2D eigenvalue weighted by Crippen LogP contribution is -2.25. The zero-order chi connectivity index (χ0) is 11.8. The molecule has 16 heavy (non-hydrogen) atoms. The highest BCUT2D eigenvalue weighted by molar-refractivity contribution is 5.75. The topological polar surface area (TPSA) is 38.3 Å². The van der Waals surface area contributed by atoms with Crippen molar-refractivity contribution in [3.63, 3.8) is 0 Å². The molecule has 0 radical (unpaired) electrons. The molecule has 0 aliphatic rings. The molecule has 1 aromatic rings. The number of carbonyl (C=O) groups is 1. The van der Waals surface area contributed by atoms with Crippen molar-refractivity contribution in [3.05, 3.63) is 29.8 Å². The Labute approximate surface area is 96.8 Å². The average Bonchev–Trinajstić information content (AvgIpc) is 2.26. The molecule has 0 saturated carbocycles. The number of hydrogen-bond acceptors (Lipinski definition) is 2. The van der Waals surface area contributed by atoms with E-state index in [1.165, 1.54) is 0 Å². The van der Waals surface area contributed by atoms with E-state index >= 15 is 0 Å². The number of hydrogen-bond donors (Lipinski definition) is 1. The number of amides is 1. The molecule has 0 heterocycles. The number of nitrogens with one attached hydrogen (secondary N) is 1. The molecule has 3 heteroatoms. The molecule has 0 unspecified atom stereocenters. The second-order valence-electron chi connectivity index (χ2n) is 3.76. The molecule has 0 saturated heterocycles. The quantitative estimate of drug-likeness (QED) is 0.800. The standard InChI is InChI=1S/C13H19NO2/c1-3-8-14-13(15)7-9-16-12-6-4-5-11(2)10-12/h4-6,10H,3,7-9H2,1-2H3,(H,14,15). The average molecular weight is 221 g/mol. The van der Waals surface area contributed by atoms with E-state index in [9.17, 15) is 4.79 Å². The highest BCUT2D eigenvalue weighted by atomic mass is 16.5. The maximum absolute atomic E-state index is 11.3. The summed E-state index contributed by atoms with van der Waals surface area (Å²) in [5, 5.41) is 2.81. The van der Waals surface area contributed by atoms with Crippen molar-refractivity contribution in [2.45, 2.75) is 26.7 Å². The van der Waals surface area contributed by atoms with E-state index in [0.29, 0.717) is 13.0 Å². The molecule has 0 atom stereocenters. The summed E-state index contributed by atoms with van der Waals surface area (Å²) in [4.78, 5) is 11.3. The highest BCUT2D eigenvalue weighted by Gasteiger charge is 2.00. The summed E-state index contributed by atoms with van der Waals surface area (Å²) < 4.78 is 5.48. The van der Waals surface area contributed by atoms with Gasteiger partial charge in [-0.25, -0.2) is 0 Å². The molecule has 0 aliphatic heterocycles. The van der Waals surface area contributed by atoms with Gasteiger partial charge < -0.3 is 10.1 Å². The van der Waals surface area contributed by atoms with Crippen molar-refractivity contribution < 1.29 is 9.53 Å². The maximum atomic E-state index is 11.3. The normalized spacial score (nSPS) is 9.88. The molecule has 3 nitrogen and oxygen atoms in total. The Bertz CT molecular complexity index is 336. The molecule has 0 bridgehead atoms. The van der Waals surface area contributed by atoms with Crippen molar-refractivity contribution in [2.75, 3.05) is 13.2 Å². The van der Waals surface area contributed by atoms with Gasteiger partial charge in [0.2, 0.25) is 5.91 Å². The van der Waals surface area contributed by atoms with Crippen LogP contribution in [0.5, 0.6) is 5.75 Å². The van der Waals surface area contributed by atoms with Crippen LogP contribution in [-0.4, -0.2) is 19.1 Å². The first-order valence-corrected chi connectivity index (χ1v) is 5.68. The molecule has 0 spiro atoms. The van der Waals surface area contributed by atoms with Crippen molar-refractivity contribution in [2.24, 2.45) is 0 Å². The minimum atomic E-state index is 0.0505. The van der Waals surface area contributed by atoms with E-state index in [4.69, 9.17) is 4.74 Å². The fraction of sp³-hybridized carbons (Fsp3) is 0.462. The number of carbonyl (C=O) groups excluding carboxylic acids is 1. The molecule has 0 aliphatic carbocycles. The van der Waals surface area contributed by atoms with Crippen molar-refractivity contribution >= 4 is 5.91 Å². The first-order valence-electron chi connectivity index (χ1n) is 5.68. The predicted octanol–water partition coefficient (Wildman–Crippen LogP) is 2.29. The van der Waals surface area contributed by atoms with Crippen LogP contribution >= 0.6 is 0 Å². The number of rotatable bonds is 6. The second-order valence-corrected chi connectivity index (χ2v) is 3.76. The predicted molar refractivity (Wildman–Crippen MR) is 64.6 cm³/mol. The van der Waals surface area contributed by atoms with Crippen LogP contribution in [-0.2, 0) is 4.79 Å². The van der Waals surface area contributed by atoms with Crippen LogP contribution in [0.4, 0.5) is 0 Å². The molecule has 88 valence electrons. The van der Waals surface area contributed by atoms with Gasteiger partial charge in [-0.3, -0.25) is 4.79 Å². The van der Waals surface area contributed by atoms with E-state index in [0.717, 1.165) is 24.3 Å². The lowest BCUT2D eigenvalue weighted by molar-refractivity contribution is -0.121. The van der Waals surface area contributed by atoms with E-state index in [-0.39, 0.29) is 5.91 Å². The van der Waals surface area contributed by atoms with Crippen LogP contribution in [0.15, 0.2) is 24.3 Å². The highest BCUT2D eigenvalue weighted by Crippen LogP contribution is 2.12. The monoisotopic (exact) mass is 221 g/mol. The molecule has 1 amide bonds. The van der Waals surface area contributed by atoms with E-state index in [1.54, 1.807) is 0 Å². The summed E-state index contributed by atoms with van der Waals surface area (Å²) in [6, 6.07) is 7.82.